The van der Waals surface area contributed by atoms with Crippen LogP contribution in [0.15, 0.2) is 42.0 Å². The standard InChI is InChI=1S/C24H32N8O2S2/c1-5-31(6-2)36(33,34)24-16(3)10-21(35-24)29-22-23-26-13-20(18-12-27-30(4)14-18)32(23)15-19(28-22)17-8-7-9-25-11-17/h8,10,12-16,24-25H,5-7,9,11H2,1-4H3,(H,28,29). The maximum atomic E-state index is 13.2. The van der Waals surface area contributed by atoms with Gasteiger partial charge in [0.1, 0.15) is 4.58 Å². The summed E-state index contributed by atoms with van der Waals surface area (Å²) in [7, 11) is -1.55. The van der Waals surface area contributed by atoms with Crippen LogP contribution in [0, 0.1) is 5.92 Å². The zero-order valence-electron chi connectivity index (χ0n) is 21.0. The molecule has 0 amide bonds. The number of anilines is 1. The van der Waals surface area contributed by atoms with Crippen LogP contribution >= 0.6 is 11.8 Å². The molecule has 12 heteroatoms. The molecule has 10 nitrogen and oxygen atoms in total. The van der Waals surface area contributed by atoms with Crippen LogP contribution in [0.2, 0.25) is 0 Å². The molecule has 0 spiro atoms. The molecule has 0 saturated heterocycles. The Bertz CT molecular complexity index is 1440. The molecular formula is C24H32N8O2S2. The third kappa shape index (κ3) is 4.58. The lowest BCUT2D eigenvalue weighted by Crippen LogP contribution is -2.38. The zero-order chi connectivity index (χ0) is 25.4. The Balaban J connectivity index is 1.53. The summed E-state index contributed by atoms with van der Waals surface area (Å²) in [5, 5.41) is 11.9. The summed E-state index contributed by atoms with van der Waals surface area (Å²) < 4.78 is 31.2. The van der Waals surface area contributed by atoms with Gasteiger partial charge in [0.25, 0.3) is 0 Å². The minimum atomic E-state index is -3.44. The van der Waals surface area contributed by atoms with Crippen molar-refractivity contribution in [2.45, 2.75) is 31.8 Å². The van der Waals surface area contributed by atoms with Crippen LogP contribution in [0.5, 0.6) is 0 Å². The molecule has 5 rings (SSSR count). The molecule has 0 aliphatic carbocycles. The van der Waals surface area contributed by atoms with Crippen molar-refractivity contribution in [2.24, 2.45) is 13.0 Å². The summed E-state index contributed by atoms with van der Waals surface area (Å²) in [6, 6.07) is 0. The average Bonchev–Trinajstić information content (AvgIpc) is 3.58. The van der Waals surface area contributed by atoms with Crippen LogP contribution in [0.1, 0.15) is 32.9 Å². The quantitative estimate of drug-likeness (QED) is 0.459. The van der Waals surface area contributed by atoms with E-state index >= 15 is 0 Å². The van der Waals surface area contributed by atoms with E-state index in [2.05, 4.69) is 26.8 Å². The molecule has 192 valence electrons. The number of imidazole rings is 1. The number of fused-ring (bicyclic) bond motifs is 1. The molecule has 0 radical (unpaired) electrons. The van der Waals surface area contributed by atoms with E-state index in [0.29, 0.717) is 24.6 Å². The van der Waals surface area contributed by atoms with Gasteiger partial charge in [0.05, 0.1) is 28.8 Å². The van der Waals surface area contributed by atoms with Gasteiger partial charge in [0.2, 0.25) is 10.0 Å². The molecule has 0 saturated carbocycles. The number of thioether (sulfide) groups is 1. The highest BCUT2D eigenvalue weighted by Crippen LogP contribution is 2.41. The molecule has 2 aliphatic heterocycles. The first kappa shape index (κ1) is 25.0. The van der Waals surface area contributed by atoms with E-state index in [0.717, 1.165) is 47.1 Å². The molecule has 36 heavy (non-hydrogen) atoms. The second-order valence-corrected chi connectivity index (χ2v) is 12.6. The number of aryl methyl sites for hydroxylation is 1. The third-order valence-electron chi connectivity index (χ3n) is 6.54. The van der Waals surface area contributed by atoms with Crippen molar-refractivity contribution < 1.29 is 8.42 Å². The van der Waals surface area contributed by atoms with Crippen molar-refractivity contribution in [3.05, 3.63) is 47.7 Å². The number of sulfonamides is 1. The van der Waals surface area contributed by atoms with Crippen LogP contribution in [0.25, 0.3) is 22.5 Å². The number of hydrogen-bond donors (Lipinski definition) is 2. The fourth-order valence-corrected chi connectivity index (χ4v) is 8.46. The Morgan fingerprint density at radius 3 is 2.72 bits per heavy atom. The summed E-state index contributed by atoms with van der Waals surface area (Å²) in [4.78, 5) is 9.62. The van der Waals surface area contributed by atoms with Gasteiger partial charge in [-0.15, -0.1) is 0 Å². The minimum Gasteiger partial charge on any atom is -0.332 e. The molecule has 2 N–H and O–H groups in total. The maximum absolute atomic E-state index is 13.2. The van der Waals surface area contributed by atoms with Crippen LogP contribution < -0.4 is 10.6 Å². The molecule has 2 atom stereocenters. The van der Waals surface area contributed by atoms with E-state index in [4.69, 9.17) is 4.98 Å². The van der Waals surface area contributed by atoms with E-state index in [1.165, 1.54) is 16.1 Å². The van der Waals surface area contributed by atoms with Crippen molar-refractivity contribution in [3.63, 3.8) is 0 Å². The Morgan fingerprint density at radius 2 is 2.06 bits per heavy atom. The van der Waals surface area contributed by atoms with Crippen LogP contribution in [0.4, 0.5) is 5.82 Å². The van der Waals surface area contributed by atoms with Gasteiger partial charge in [-0.3, -0.25) is 9.08 Å². The highest BCUT2D eigenvalue weighted by molar-refractivity contribution is 8.15. The van der Waals surface area contributed by atoms with Gasteiger partial charge in [-0.05, 0) is 24.6 Å². The SMILES string of the molecule is CCN(CC)S(=O)(=O)C1SC(Nc2nc(C3=CCCNC3)cn3c(-c4cnn(C)c4)cnc23)=CC1C. The lowest BCUT2D eigenvalue weighted by molar-refractivity contribution is 0.439. The number of hydrogen-bond acceptors (Lipinski definition) is 8. The van der Waals surface area contributed by atoms with Crippen molar-refractivity contribution in [1.82, 2.24) is 33.8 Å². The maximum Gasteiger partial charge on any atom is 0.227 e. The Morgan fingerprint density at radius 1 is 1.25 bits per heavy atom. The van der Waals surface area contributed by atoms with Crippen LogP contribution in [0.3, 0.4) is 0 Å². The molecule has 0 fully saturated rings. The summed E-state index contributed by atoms with van der Waals surface area (Å²) >= 11 is 1.34. The first-order valence-corrected chi connectivity index (χ1v) is 14.6. The lowest BCUT2D eigenvalue weighted by atomic mass is 10.1. The number of aromatic nitrogens is 5. The highest BCUT2D eigenvalue weighted by Gasteiger charge is 2.39. The monoisotopic (exact) mass is 528 g/mol. The first-order chi connectivity index (χ1) is 17.3. The van der Waals surface area contributed by atoms with E-state index in [1.807, 2.05) is 63.1 Å². The van der Waals surface area contributed by atoms with Gasteiger partial charge in [-0.25, -0.2) is 22.7 Å². The predicted molar refractivity (Wildman–Crippen MR) is 145 cm³/mol. The van der Waals surface area contributed by atoms with Gasteiger partial charge in [-0.2, -0.15) is 5.10 Å². The Hall–Kier alpha value is -2.67. The summed E-state index contributed by atoms with van der Waals surface area (Å²) in [5.41, 5.74) is 4.52. The van der Waals surface area contributed by atoms with E-state index in [1.54, 1.807) is 4.68 Å². The summed E-state index contributed by atoms with van der Waals surface area (Å²) in [5.74, 6) is 0.458. The molecule has 2 unspecified atom stereocenters. The minimum absolute atomic E-state index is 0.141. The first-order valence-electron chi connectivity index (χ1n) is 12.2. The molecule has 0 aromatic carbocycles. The Kier molecular flexibility index (Phi) is 6.95. The van der Waals surface area contributed by atoms with Gasteiger partial charge in [0, 0.05) is 50.6 Å². The largest absolute Gasteiger partial charge is 0.332 e. The summed E-state index contributed by atoms with van der Waals surface area (Å²) in [6.07, 6.45) is 12.8. The zero-order valence-corrected chi connectivity index (χ0v) is 22.6. The van der Waals surface area contributed by atoms with E-state index in [-0.39, 0.29) is 5.92 Å². The van der Waals surface area contributed by atoms with Crippen molar-refractivity contribution in [1.29, 1.82) is 0 Å². The van der Waals surface area contributed by atoms with Crippen LogP contribution in [-0.4, -0.2) is 67.6 Å². The van der Waals surface area contributed by atoms with Crippen LogP contribution in [-0.2, 0) is 17.1 Å². The smallest absolute Gasteiger partial charge is 0.227 e. The fraction of sp³-hybridized carbons (Fsp3) is 0.458. The van der Waals surface area contributed by atoms with Gasteiger partial charge < -0.3 is 10.6 Å². The highest BCUT2D eigenvalue weighted by atomic mass is 32.3. The fourth-order valence-electron chi connectivity index (χ4n) is 4.67. The number of nitrogens with one attached hydrogen (secondary N) is 2. The summed E-state index contributed by atoms with van der Waals surface area (Å²) in [6.45, 7) is 8.31. The molecule has 3 aromatic rings. The van der Waals surface area contributed by atoms with Gasteiger partial charge in [-0.1, -0.05) is 38.6 Å². The molecular weight excluding hydrogens is 496 g/mol. The topological polar surface area (TPSA) is 109 Å². The number of allylic oxidation sites excluding steroid dienone is 1. The van der Waals surface area contributed by atoms with Gasteiger partial charge in [0.15, 0.2) is 11.5 Å². The lowest BCUT2D eigenvalue weighted by Gasteiger charge is -2.24. The molecule has 3 aromatic heterocycles. The number of nitrogens with zero attached hydrogens (tertiary/aromatic N) is 6. The number of rotatable bonds is 8. The molecule has 0 bridgehead atoms. The van der Waals surface area contributed by atoms with Crippen molar-refractivity contribution in [3.8, 4) is 11.3 Å². The van der Waals surface area contributed by atoms with E-state index < -0.39 is 14.6 Å². The van der Waals surface area contributed by atoms with Crippen molar-refractivity contribution in [2.75, 3.05) is 31.5 Å². The normalized spacial score (nSPS) is 20.7. The Labute approximate surface area is 215 Å². The molecule has 2 aliphatic rings. The molecule has 5 heterocycles. The second-order valence-electron chi connectivity index (χ2n) is 9.04. The predicted octanol–water partition coefficient (Wildman–Crippen LogP) is 3.14. The average molecular weight is 529 g/mol. The van der Waals surface area contributed by atoms with Crippen molar-refractivity contribution >= 4 is 38.8 Å². The van der Waals surface area contributed by atoms with Gasteiger partial charge >= 0.3 is 0 Å². The van der Waals surface area contributed by atoms with E-state index in [9.17, 15) is 8.42 Å². The second kappa shape index (κ2) is 10.0. The third-order valence-corrected chi connectivity index (χ3v) is 11.0.